The summed E-state index contributed by atoms with van der Waals surface area (Å²) in [6.07, 6.45) is 4.74. The van der Waals surface area contributed by atoms with Gasteiger partial charge in [0.25, 0.3) is 0 Å². The van der Waals surface area contributed by atoms with Crippen LogP contribution in [0.1, 0.15) is 93.3 Å². The van der Waals surface area contributed by atoms with Gasteiger partial charge in [-0.2, -0.15) is 0 Å². The molecule has 0 amide bonds. The van der Waals surface area contributed by atoms with E-state index in [4.69, 9.17) is 8.85 Å². The number of aryl methyl sites for hydroxylation is 1. The first kappa shape index (κ1) is 46.0. The molecule has 0 saturated heterocycles. The normalized spacial score (nSPS) is 16.4. The van der Waals surface area contributed by atoms with Crippen LogP contribution < -0.4 is 30.4 Å². The molecule has 0 atom stereocenters. The van der Waals surface area contributed by atoms with Crippen molar-refractivity contribution in [2.24, 2.45) is 0 Å². The molecule has 0 aromatic heterocycles. The van der Waals surface area contributed by atoms with Gasteiger partial charge < -0.3 is 13.8 Å². The molecule has 6 aromatic carbocycles. The molecule has 0 aliphatic carbocycles. The van der Waals surface area contributed by atoms with Crippen molar-refractivity contribution in [2.75, 3.05) is 32.1 Å². The minimum atomic E-state index is -2.14. The first-order valence-electron chi connectivity index (χ1n) is 24.5. The zero-order valence-electron chi connectivity index (χ0n) is 42.5. The maximum Gasteiger partial charge on any atom is 0.202 e. The van der Waals surface area contributed by atoms with Crippen molar-refractivity contribution in [3.05, 3.63) is 134 Å². The summed E-state index contributed by atoms with van der Waals surface area (Å²) in [7, 11) is -1.64. The molecule has 0 unspecified atom stereocenters. The van der Waals surface area contributed by atoms with Crippen molar-refractivity contribution in [3.8, 4) is 11.1 Å². The van der Waals surface area contributed by atoms with Gasteiger partial charge in [-0.1, -0.05) is 109 Å². The van der Waals surface area contributed by atoms with E-state index in [2.05, 4.69) is 196 Å². The molecule has 3 heterocycles. The topological polar surface area (TPSA) is 24.7 Å². The van der Waals surface area contributed by atoms with Crippen molar-refractivity contribution >= 4 is 67.9 Å². The third-order valence-corrected chi connectivity index (χ3v) is 29.5. The molecule has 0 fully saturated rings. The summed E-state index contributed by atoms with van der Waals surface area (Å²) in [5, 5.41) is 11.6. The number of fused-ring (bicyclic) bond motifs is 8. The van der Waals surface area contributed by atoms with Gasteiger partial charge in [0.15, 0.2) is 16.6 Å². The molecule has 3 aliphatic heterocycles. The maximum absolute atomic E-state index is 7.14. The van der Waals surface area contributed by atoms with E-state index in [-0.39, 0.29) is 10.1 Å². The van der Waals surface area contributed by atoms with Crippen LogP contribution in [0, 0.1) is 6.92 Å². The van der Waals surface area contributed by atoms with E-state index in [0.717, 1.165) is 25.9 Å². The van der Waals surface area contributed by atoms with E-state index in [1.165, 1.54) is 95.2 Å². The second-order valence-electron chi connectivity index (χ2n) is 23.4. The van der Waals surface area contributed by atoms with E-state index in [1.807, 2.05) is 0 Å². The molecular weight excluding hydrogens is 841 g/mol. The Morgan fingerprint density at radius 2 is 1.23 bits per heavy atom. The highest BCUT2D eigenvalue weighted by molar-refractivity contribution is 7.02. The summed E-state index contributed by atoms with van der Waals surface area (Å²) in [5.41, 5.74) is 15.3. The van der Waals surface area contributed by atoms with Crippen molar-refractivity contribution in [3.63, 3.8) is 0 Å². The van der Waals surface area contributed by atoms with Crippen molar-refractivity contribution in [1.29, 1.82) is 0 Å². The average molecular weight is 917 g/mol. The van der Waals surface area contributed by atoms with E-state index in [1.54, 1.807) is 21.5 Å². The van der Waals surface area contributed by atoms with E-state index < -0.39 is 24.7 Å². The molecule has 3 aliphatic rings. The molecule has 0 saturated carbocycles. The molecule has 7 heteroatoms. The van der Waals surface area contributed by atoms with Gasteiger partial charge in [0.05, 0.1) is 13.2 Å². The molecule has 9 rings (SSSR count). The van der Waals surface area contributed by atoms with Gasteiger partial charge in [-0.3, -0.25) is 0 Å². The Balaban J connectivity index is 1.29. The van der Waals surface area contributed by atoms with Gasteiger partial charge in [0.1, 0.15) is 21.7 Å². The number of nitrogens with zero attached hydrogens (tertiary/aromatic N) is 2. The van der Waals surface area contributed by atoms with E-state index in [9.17, 15) is 0 Å². The number of hydrogen-bond acceptors (Lipinski definition) is 3. The number of anilines is 1. The van der Waals surface area contributed by atoms with Gasteiger partial charge in [0.2, 0.25) is 5.36 Å². The SMILES string of the molecule is Cc1ccc(-c2ccc3c(CO[Si](C)(C)C(C)(C)C)c4ccccc4c(CO[Si](C)(C)C(C)(C)C)c3c2)cc1C1=c2ccc3c(c2[Si](C)(C)c2c1ccc1c2CCCN1C)CCC[N+]=3C. The zero-order chi connectivity index (χ0) is 46.6. The van der Waals surface area contributed by atoms with Crippen LogP contribution in [0.15, 0.2) is 84.9 Å². The first-order chi connectivity index (χ1) is 30.5. The Hall–Kier alpha value is -4.12. The summed E-state index contributed by atoms with van der Waals surface area (Å²) in [5.74, 6) is 0. The molecular formula is C58H75N2O2Si3+. The molecule has 65 heavy (non-hydrogen) atoms. The van der Waals surface area contributed by atoms with Gasteiger partial charge in [-0.05, 0) is 174 Å². The Bertz CT molecular complexity index is 3040. The molecule has 0 bridgehead atoms. The molecule has 4 nitrogen and oxygen atoms in total. The smallest absolute Gasteiger partial charge is 0.202 e. The lowest BCUT2D eigenvalue weighted by atomic mass is 9.86. The maximum atomic E-state index is 7.14. The number of hydrogen-bond donors (Lipinski definition) is 0. The molecule has 0 radical (unpaired) electrons. The van der Waals surface area contributed by atoms with Crippen LogP contribution in [0.5, 0.6) is 0 Å². The van der Waals surface area contributed by atoms with E-state index in [0.29, 0.717) is 13.2 Å². The lowest BCUT2D eigenvalue weighted by Gasteiger charge is -2.40. The van der Waals surface area contributed by atoms with Crippen molar-refractivity contribution in [2.45, 2.75) is 137 Å². The van der Waals surface area contributed by atoms with Crippen LogP contribution in [0.25, 0.3) is 38.2 Å². The molecule has 340 valence electrons. The minimum absolute atomic E-state index is 0.106. The van der Waals surface area contributed by atoms with Crippen LogP contribution in [0.3, 0.4) is 0 Å². The summed E-state index contributed by atoms with van der Waals surface area (Å²) in [6, 6.07) is 33.5. The summed E-state index contributed by atoms with van der Waals surface area (Å²) >= 11 is 0. The first-order valence-corrected chi connectivity index (χ1v) is 33.3. The molecule has 6 aromatic rings. The van der Waals surface area contributed by atoms with Gasteiger partial charge in [-0.25, -0.2) is 4.58 Å². The Kier molecular flexibility index (Phi) is 11.5. The van der Waals surface area contributed by atoms with Crippen LogP contribution in [0.2, 0.25) is 49.4 Å². The Labute approximate surface area is 393 Å². The van der Waals surface area contributed by atoms with Crippen LogP contribution in [0.4, 0.5) is 5.69 Å². The van der Waals surface area contributed by atoms with Gasteiger partial charge in [0, 0.05) is 37.3 Å². The number of rotatable bonds is 8. The second kappa shape index (κ2) is 16.3. The van der Waals surface area contributed by atoms with Crippen LogP contribution in [-0.2, 0) is 34.9 Å². The quantitative estimate of drug-likeness (QED) is 0.0864. The molecule has 0 spiro atoms. The standard InChI is InChI=1S/C58H75N2O2Si3/c1-38-24-25-39(34-48(38)54-46-28-30-52-44(22-18-32-59(52)8)55(46)63(10,11)56-45-23-19-33-60(9)53(45)31-29-47(54)56)40-26-27-43-49(35-40)51(37-62-65(14,15)58(5,6)7)42-21-17-16-20-41(42)50(43)36-61-64(12,13)57(2,3)4/h16-17,20-21,24-31,34-35H,18-19,22-23,32-33,36-37H2,1-15H3/q+1. The summed E-state index contributed by atoms with van der Waals surface area (Å²) in [4.78, 5) is 2.51. The van der Waals surface area contributed by atoms with Crippen LogP contribution >= 0.6 is 0 Å². The Morgan fingerprint density at radius 1 is 0.646 bits per heavy atom. The van der Waals surface area contributed by atoms with Crippen LogP contribution in [-0.4, -0.2) is 51.9 Å². The summed E-state index contributed by atoms with van der Waals surface area (Å²) < 4.78 is 16.7. The second-order valence-corrected chi connectivity index (χ2v) is 37.3. The van der Waals surface area contributed by atoms with Crippen molar-refractivity contribution < 1.29 is 8.85 Å². The third kappa shape index (κ3) is 7.75. The van der Waals surface area contributed by atoms with E-state index >= 15 is 0 Å². The predicted molar refractivity (Wildman–Crippen MR) is 288 cm³/mol. The highest BCUT2D eigenvalue weighted by Crippen LogP contribution is 2.43. The van der Waals surface area contributed by atoms with Gasteiger partial charge >= 0.3 is 0 Å². The zero-order valence-corrected chi connectivity index (χ0v) is 45.5. The monoisotopic (exact) mass is 916 g/mol. The lowest BCUT2D eigenvalue weighted by molar-refractivity contribution is 0.277. The van der Waals surface area contributed by atoms with Gasteiger partial charge in [-0.15, -0.1) is 0 Å². The largest absolute Gasteiger partial charge is 0.413 e. The molecule has 0 N–H and O–H groups in total. The highest BCUT2D eigenvalue weighted by atomic mass is 28.4. The fourth-order valence-corrected chi connectivity index (χ4v) is 16.9. The minimum Gasteiger partial charge on any atom is -0.413 e. The van der Waals surface area contributed by atoms with Crippen molar-refractivity contribution in [1.82, 2.24) is 4.58 Å². The Morgan fingerprint density at radius 3 is 1.88 bits per heavy atom. The highest BCUT2D eigenvalue weighted by Gasteiger charge is 2.42. The fourth-order valence-electron chi connectivity index (χ4n) is 11.0. The average Bonchev–Trinajstić information content (AvgIpc) is 3.24. The fraction of sp³-hybridized carbons (Fsp3) is 0.431. The lowest BCUT2D eigenvalue weighted by Crippen LogP contribution is -2.67. The number of benzene rings is 6. The predicted octanol–water partition coefficient (Wildman–Crippen LogP) is 11.8. The third-order valence-electron chi connectivity index (χ3n) is 16.9. The summed E-state index contributed by atoms with van der Waals surface area (Å²) in [6.45, 7) is 34.6.